The molecule has 0 aromatic rings. The first-order valence-corrected chi connectivity index (χ1v) is 4.34. The summed E-state index contributed by atoms with van der Waals surface area (Å²) in [6, 6.07) is 0. The lowest BCUT2D eigenvalue weighted by Gasteiger charge is -2.05. The number of halogens is 1. The van der Waals surface area contributed by atoms with Gasteiger partial charge < -0.3 is 0 Å². The average Bonchev–Trinajstić information content (AvgIpc) is 1.98. The van der Waals surface area contributed by atoms with Crippen molar-refractivity contribution in [2.24, 2.45) is 0 Å². The molecule has 0 radical (unpaired) electrons. The topological polar surface area (TPSA) is 0 Å². The van der Waals surface area contributed by atoms with E-state index in [1.54, 1.807) is 0 Å². The monoisotopic (exact) mass is 209 g/mol. The van der Waals surface area contributed by atoms with Gasteiger partial charge in [0.25, 0.3) is 0 Å². The minimum Gasteiger partial charge on any atom is -0.171 e. The summed E-state index contributed by atoms with van der Waals surface area (Å²) in [6.45, 7) is 2.03. The molecule has 1 aliphatic rings. The van der Waals surface area contributed by atoms with Gasteiger partial charge in [-0.3, -0.25) is 0 Å². The summed E-state index contributed by atoms with van der Waals surface area (Å²) in [5, 5.41) is 0. The van der Waals surface area contributed by atoms with Crippen LogP contribution in [-0.4, -0.2) is 0 Å². The number of allylic oxidation sites excluding steroid dienone is 8. The fraction of sp³-hybridized carbons (Fsp3) is 0.100. The van der Waals surface area contributed by atoms with Crippen LogP contribution in [0.2, 0.25) is 0 Å². The molecule has 0 fully saturated rings. The molecule has 0 aromatic carbocycles. The summed E-state index contributed by atoms with van der Waals surface area (Å²) in [4.78, 5) is 0. The minimum atomic E-state index is 1.13. The van der Waals surface area contributed by atoms with E-state index >= 15 is 0 Å². The molecule has 0 saturated heterocycles. The van der Waals surface area contributed by atoms with Gasteiger partial charge in [-0.05, 0) is 6.92 Å². The Bertz CT molecular complexity index is 242. The van der Waals surface area contributed by atoms with Crippen LogP contribution in [0.3, 0.4) is 0 Å². The zero-order valence-electron chi connectivity index (χ0n) is 6.42. The van der Waals surface area contributed by atoms with Gasteiger partial charge in [0.15, 0.2) is 0 Å². The second kappa shape index (κ2) is 4.24. The van der Waals surface area contributed by atoms with E-state index in [4.69, 9.17) is 0 Å². The molecule has 0 heterocycles. The van der Waals surface area contributed by atoms with Crippen LogP contribution in [0.15, 0.2) is 46.5 Å². The second-order valence-electron chi connectivity index (χ2n) is 2.20. The molecule has 0 aliphatic heterocycles. The maximum atomic E-state index is 3.48. The predicted molar refractivity (Wildman–Crippen MR) is 53.3 cm³/mol. The van der Waals surface area contributed by atoms with Crippen LogP contribution in [0, 0.1) is 6.42 Å². The largest absolute Gasteiger partial charge is 0.171 e. The Hall–Kier alpha value is -0.690. The SMILES string of the molecule is CC=C1C=C[CH-]/C=C\C=C/1Br. The molecule has 0 unspecified atom stereocenters. The first kappa shape index (κ1) is 8.41. The zero-order valence-corrected chi connectivity index (χ0v) is 8.01. The first-order chi connectivity index (χ1) is 5.34. The Morgan fingerprint density at radius 3 is 3.00 bits per heavy atom. The Balaban J connectivity index is 2.94. The van der Waals surface area contributed by atoms with Crippen LogP contribution in [0.4, 0.5) is 0 Å². The van der Waals surface area contributed by atoms with Gasteiger partial charge in [-0.25, -0.2) is 0 Å². The third-order valence-corrected chi connectivity index (χ3v) is 2.16. The molecule has 0 atom stereocenters. The molecule has 1 aliphatic carbocycles. The normalized spacial score (nSPS) is 28.2. The quantitative estimate of drug-likeness (QED) is 0.536. The van der Waals surface area contributed by atoms with E-state index < -0.39 is 0 Å². The lowest BCUT2D eigenvalue weighted by atomic mass is 10.1. The van der Waals surface area contributed by atoms with Crippen molar-refractivity contribution in [2.75, 3.05) is 0 Å². The van der Waals surface area contributed by atoms with Crippen LogP contribution < -0.4 is 0 Å². The molecule has 0 bridgehead atoms. The van der Waals surface area contributed by atoms with Gasteiger partial charge in [-0.2, -0.15) is 30.7 Å². The molecule has 0 amide bonds. The molecular weight excluding hydrogens is 200 g/mol. The fourth-order valence-corrected chi connectivity index (χ4v) is 1.35. The van der Waals surface area contributed by atoms with E-state index in [9.17, 15) is 0 Å². The van der Waals surface area contributed by atoms with Crippen molar-refractivity contribution in [3.63, 3.8) is 0 Å². The minimum absolute atomic E-state index is 1.13. The number of hydrogen-bond acceptors (Lipinski definition) is 0. The smallest absolute Gasteiger partial charge is 0.000178 e. The van der Waals surface area contributed by atoms with Crippen LogP contribution in [0.1, 0.15) is 6.92 Å². The Morgan fingerprint density at radius 1 is 1.45 bits per heavy atom. The van der Waals surface area contributed by atoms with E-state index in [0.29, 0.717) is 0 Å². The summed E-state index contributed by atoms with van der Waals surface area (Å²) in [5.74, 6) is 0. The molecule has 1 rings (SSSR count). The van der Waals surface area contributed by atoms with Gasteiger partial charge >= 0.3 is 0 Å². The van der Waals surface area contributed by atoms with E-state index in [1.165, 1.54) is 5.57 Å². The molecule has 0 spiro atoms. The molecule has 11 heavy (non-hydrogen) atoms. The summed E-state index contributed by atoms with van der Waals surface area (Å²) in [6.07, 6.45) is 14.2. The van der Waals surface area contributed by atoms with Gasteiger partial charge in [0.05, 0.1) is 0 Å². The highest BCUT2D eigenvalue weighted by atomic mass is 79.9. The maximum Gasteiger partial charge on any atom is 0.000178 e. The van der Waals surface area contributed by atoms with Crippen molar-refractivity contribution in [3.8, 4) is 0 Å². The Kier molecular flexibility index (Phi) is 3.24. The van der Waals surface area contributed by atoms with Crippen molar-refractivity contribution in [2.45, 2.75) is 6.92 Å². The van der Waals surface area contributed by atoms with Crippen LogP contribution in [-0.2, 0) is 0 Å². The van der Waals surface area contributed by atoms with Crippen molar-refractivity contribution < 1.29 is 0 Å². The highest BCUT2D eigenvalue weighted by Gasteiger charge is 1.89. The first-order valence-electron chi connectivity index (χ1n) is 3.55. The molecule has 0 N–H and O–H groups in total. The molecule has 0 aromatic heterocycles. The summed E-state index contributed by atoms with van der Waals surface area (Å²) < 4.78 is 1.13. The van der Waals surface area contributed by atoms with Crippen LogP contribution in [0.5, 0.6) is 0 Å². The summed E-state index contributed by atoms with van der Waals surface area (Å²) in [7, 11) is 0. The van der Waals surface area contributed by atoms with Gasteiger partial charge in [0.1, 0.15) is 0 Å². The van der Waals surface area contributed by atoms with Crippen LogP contribution >= 0.6 is 15.9 Å². The molecule has 0 saturated carbocycles. The zero-order chi connectivity index (χ0) is 8.10. The Morgan fingerprint density at radius 2 is 2.27 bits per heavy atom. The molecule has 1 heteroatoms. The van der Waals surface area contributed by atoms with Gasteiger partial charge in [0.2, 0.25) is 0 Å². The second-order valence-corrected chi connectivity index (χ2v) is 3.05. The highest BCUT2D eigenvalue weighted by Crippen LogP contribution is 2.19. The van der Waals surface area contributed by atoms with E-state index in [0.717, 1.165) is 4.48 Å². The summed E-state index contributed by atoms with van der Waals surface area (Å²) >= 11 is 3.48. The van der Waals surface area contributed by atoms with E-state index in [1.807, 2.05) is 37.6 Å². The van der Waals surface area contributed by atoms with Crippen molar-refractivity contribution in [3.05, 3.63) is 52.9 Å². The fourth-order valence-electron chi connectivity index (χ4n) is 0.838. The van der Waals surface area contributed by atoms with E-state index in [2.05, 4.69) is 28.1 Å². The Labute approximate surface area is 76.1 Å². The number of hydrogen-bond donors (Lipinski definition) is 0. The predicted octanol–water partition coefficient (Wildman–Crippen LogP) is 3.54. The van der Waals surface area contributed by atoms with Gasteiger partial charge in [-0.15, -0.1) is 6.08 Å². The third kappa shape index (κ3) is 2.43. The highest BCUT2D eigenvalue weighted by molar-refractivity contribution is 9.12. The van der Waals surface area contributed by atoms with Gasteiger partial charge in [-0.1, -0.05) is 27.6 Å². The molecule has 0 nitrogen and oxygen atoms in total. The maximum absolute atomic E-state index is 3.48. The standard InChI is InChI=1S/C10H10Br/c1-2-9-7-5-3-4-6-8-10(9)11/h2-8H,1H3/q-1/b6-4-,7-5?,9-2?,10-8+. The number of rotatable bonds is 0. The molecular formula is C10H10Br-. The van der Waals surface area contributed by atoms with Crippen molar-refractivity contribution in [1.82, 2.24) is 0 Å². The molecule has 58 valence electrons. The van der Waals surface area contributed by atoms with Crippen LogP contribution in [0.25, 0.3) is 0 Å². The lowest BCUT2D eigenvalue weighted by Crippen LogP contribution is -1.78. The third-order valence-electron chi connectivity index (χ3n) is 1.44. The average molecular weight is 210 g/mol. The lowest BCUT2D eigenvalue weighted by molar-refractivity contribution is 1.55. The van der Waals surface area contributed by atoms with Gasteiger partial charge in [0, 0.05) is 4.48 Å². The van der Waals surface area contributed by atoms with Crippen molar-refractivity contribution in [1.29, 1.82) is 0 Å². The summed E-state index contributed by atoms with van der Waals surface area (Å²) in [5.41, 5.74) is 1.21. The van der Waals surface area contributed by atoms with Crippen molar-refractivity contribution >= 4 is 15.9 Å². The van der Waals surface area contributed by atoms with E-state index in [-0.39, 0.29) is 0 Å².